The van der Waals surface area contributed by atoms with Crippen molar-refractivity contribution in [1.29, 1.82) is 0 Å². The van der Waals surface area contributed by atoms with E-state index < -0.39 is 0 Å². The number of rotatable bonds is 4. The molecule has 0 aromatic carbocycles. The third-order valence-electron chi connectivity index (χ3n) is 3.57. The topological polar surface area (TPSA) is 73.1 Å². The molecule has 0 atom stereocenters. The van der Waals surface area contributed by atoms with Crippen molar-refractivity contribution in [1.82, 2.24) is 15.3 Å². The summed E-state index contributed by atoms with van der Waals surface area (Å²) in [5.74, 6) is 0.747. The minimum Gasteiger partial charge on any atom is -0.474 e. The SMILES string of the molecule is CC.CNC.NCCc1cc2c(OC3CCCCC3)ncnc2s1. The van der Waals surface area contributed by atoms with Gasteiger partial charge in [-0.05, 0) is 58.8 Å². The molecular weight excluding hydrogens is 320 g/mol. The van der Waals surface area contributed by atoms with Crippen LogP contribution >= 0.6 is 11.3 Å². The molecule has 2 aromatic heterocycles. The lowest BCUT2D eigenvalue weighted by Crippen LogP contribution is -2.20. The summed E-state index contributed by atoms with van der Waals surface area (Å²) in [6.07, 6.45) is 8.97. The summed E-state index contributed by atoms with van der Waals surface area (Å²) in [6.45, 7) is 4.67. The van der Waals surface area contributed by atoms with Gasteiger partial charge < -0.3 is 15.8 Å². The summed E-state index contributed by atoms with van der Waals surface area (Å²) in [6, 6.07) is 2.13. The Morgan fingerprint density at radius 3 is 2.50 bits per heavy atom. The highest BCUT2D eigenvalue weighted by molar-refractivity contribution is 7.18. The van der Waals surface area contributed by atoms with E-state index in [2.05, 4.69) is 21.4 Å². The largest absolute Gasteiger partial charge is 0.474 e. The molecule has 1 aliphatic carbocycles. The van der Waals surface area contributed by atoms with Gasteiger partial charge in [-0.1, -0.05) is 20.3 Å². The quantitative estimate of drug-likeness (QED) is 0.876. The molecule has 5 nitrogen and oxygen atoms in total. The molecule has 136 valence electrons. The molecule has 1 saturated carbocycles. The standard InChI is InChI=1S/C14H19N3OS.C2H7N.C2H6/c15-7-6-11-8-12-13(16-9-17-14(12)19-11)18-10-4-2-1-3-5-10;1-3-2;1-2/h8-10H,1-7,15H2;3H,1-2H3;1-2H3. The molecule has 3 rings (SSSR count). The molecule has 6 heteroatoms. The average Bonchev–Trinajstić information content (AvgIpc) is 3.02. The van der Waals surface area contributed by atoms with Crippen molar-refractivity contribution in [2.24, 2.45) is 5.73 Å². The van der Waals surface area contributed by atoms with E-state index in [1.807, 2.05) is 27.9 Å². The van der Waals surface area contributed by atoms with Crippen LogP contribution in [0.1, 0.15) is 50.8 Å². The van der Waals surface area contributed by atoms with Crippen molar-refractivity contribution in [2.75, 3.05) is 20.6 Å². The molecule has 0 aliphatic heterocycles. The van der Waals surface area contributed by atoms with Crippen LogP contribution in [0.2, 0.25) is 0 Å². The van der Waals surface area contributed by atoms with Crippen LogP contribution in [0.3, 0.4) is 0 Å². The molecule has 0 bridgehead atoms. The second-order valence-electron chi connectivity index (χ2n) is 5.53. The van der Waals surface area contributed by atoms with E-state index in [9.17, 15) is 0 Å². The maximum absolute atomic E-state index is 6.08. The van der Waals surface area contributed by atoms with Gasteiger partial charge in [-0.15, -0.1) is 11.3 Å². The number of nitrogens with two attached hydrogens (primary N) is 1. The number of ether oxygens (including phenoxy) is 1. The van der Waals surface area contributed by atoms with Crippen LogP contribution in [0.5, 0.6) is 5.88 Å². The Hall–Kier alpha value is -1.24. The van der Waals surface area contributed by atoms with E-state index >= 15 is 0 Å². The minimum atomic E-state index is 0.324. The number of hydrogen-bond donors (Lipinski definition) is 2. The average molecular weight is 353 g/mol. The molecule has 1 aliphatic rings. The lowest BCUT2D eigenvalue weighted by Gasteiger charge is -2.22. The third kappa shape index (κ3) is 6.34. The Bertz CT molecular complexity index is 567. The van der Waals surface area contributed by atoms with Crippen molar-refractivity contribution in [2.45, 2.75) is 58.5 Å². The number of aromatic nitrogens is 2. The van der Waals surface area contributed by atoms with Gasteiger partial charge in [0.15, 0.2) is 0 Å². The van der Waals surface area contributed by atoms with E-state index in [1.165, 1.54) is 24.1 Å². The molecule has 0 radical (unpaired) electrons. The number of hydrogen-bond acceptors (Lipinski definition) is 6. The lowest BCUT2D eigenvalue weighted by molar-refractivity contribution is 0.151. The Balaban J connectivity index is 0.000000521. The maximum Gasteiger partial charge on any atom is 0.225 e. The predicted octanol–water partition coefficient (Wildman–Crippen LogP) is 3.77. The summed E-state index contributed by atoms with van der Waals surface area (Å²) in [7, 11) is 3.75. The smallest absolute Gasteiger partial charge is 0.225 e. The molecule has 2 heterocycles. The van der Waals surface area contributed by atoms with Crippen LogP contribution < -0.4 is 15.8 Å². The van der Waals surface area contributed by atoms with Gasteiger partial charge in [-0.2, -0.15) is 0 Å². The highest BCUT2D eigenvalue weighted by Crippen LogP contribution is 2.31. The van der Waals surface area contributed by atoms with Crippen LogP contribution in [0.4, 0.5) is 0 Å². The molecule has 0 saturated heterocycles. The fourth-order valence-corrected chi connectivity index (χ4v) is 3.59. The zero-order chi connectivity index (χ0) is 17.8. The van der Waals surface area contributed by atoms with Gasteiger partial charge in [0, 0.05) is 4.88 Å². The van der Waals surface area contributed by atoms with E-state index in [0.717, 1.165) is 35.4 Å². The number of thiophene rings is 1. The molecular formula is C18H32N4OS. The second kappa shape index (κ2) is 12.2. The second-order valence-corrected chi connectivity index (χ2v) is 6.64. The summed E-state index contributed by atoms with van der Waals surface area (Å²) in [4.78, 5) is 10.9. The highest BCUT2D eigenvalue weighted by Gasteiger charge is 2.17. The summed E-state index contributed by atoms with van der Waals surface area (Å²) < 4.78 is 6.08. The van der Waals surface area contributed by atoms with Crippen molar-refractivity contribution in [3.63, 3.8) is 0 Å². The molecule has 3 N–H and O–H groups in total. The van der Waals surface area contributed by atoms with Gasteiger partial charge in [0.25, 0.3) is 0 Å². The predicted molar refractivity (Wildman–Crippen MR) is 104 cm³/mol. The van der Waals surface area contributed by atoms with Crippen molar-refractivity contribution in [3.8, 4) is 5.88 Å². The first-order chi connectivity index (χ1) is 11.8. The minimum absolute atomic E-state index is 0.324. The van der Waals surface area contributed by atoms with Crippen LogP contribution in [0, 0.1) is 0 Å². The van der Waals surface area contributed by atoms with Crippen LogP contribution in [0.25, 0.3) is 10.2 Å². The van der Waals surface area contributed by atoms with Gasteiger partial charge in [0.05, 0.1) is 5.39 Å². The van der Waals surface area contributed by atoms with Gasteiger partial charge in [0.2, 0.25) is 5.88 Å². The number of nitrogens with zero attached hydrogens (tertiary/aromatic N) is 2. The van der Waals surface area contributed by atoms with Gasteiger partial charge in [-0.3, -0.25) is 0 Å². The fraction of sp³-hybridized carbons (Fsp3) is 0.667. The lowest BCUT2D eigenvalue weighted by atomic mass is 9.98. The molecule has 1 fully saturated rings. The van der Waals surface area contributed by atoms with Crippen molar-refractivity contribution in [3.05, 3.63) is 17.3 Å². The molecule has 0 spiro atoms. The van der Waals surface area contributed by atoms with Gasteiger partial charge in [-0.25, -0.2) is 9.97 Å². The molecule has 24 heavy (non-hydrogen) atoms. The third-order valence-corrected chi connectivity index (χ3v) is 4.67. The normalized spacial score (nSPS) is 14.4. The zero-order valence-electron chi connectivity index (χ0n) is 15.5. The Labute approximate surface area is 150 Å². The number of nitrogens with one attached hydrogen (secondary N) is 1. The summed E-state index contributed by atoms with van der Waals surface area (Å²) in [5, 5.41) is 3.79. The zero-order valence-corrected chi connectivity index (χ0v) is 16.3. The van der Waals surface area contributed by atoms with Crippen LogP contribution in [-0.4, -0.2) is 36.7 Å². The number of fused-ring (bicyclic) bond motifs is 1. The molecule has 0 amide bonds. The molecule has 2 aromatic rings. The first kappa shape index (κ1) is 20.8. The summed E-state index contributed by atoms with van der Waals surface area (Å²) >= 11 is 1.69. The van der Waals surface area contributed by atoms with E-state index in [0.29, 0.717) is 12.6 Å². The van der Waals surface area contributed by atoms with Gasteiger partial charge in [0.1, 0.15) is 17.3 Å². The highest BCUT2D eigenvalue weighted by atomic mass is 32.1. The van der Waals surface area contributed by atoms with E-state index in [4.69, 9.17) is 10.5 Å². The van der Waals surface area contributed by atoms with Gasteiger partial charge >= 0.3 is 0 Å². The Morgan fingerprint density at radius 1 is 1.21 bits per heavy atom. The molecule has 0 unspecified atom stereocenters. The maximum atomic E-state index is 6.08. The Kier molecular flexibility index (Phi) is 10.5. The van der Waals surface area contributed by atoms with E-state index in [-0.39, 0.29) is 0 Å². The first-order valence-electron chi connectivity index (χ1n) is 8.97. The van der Waals surface area contributed by atoms with Crippen molar-refractivity contribution < 1.29 is 4.74 Å². The monoisotopic (exact) mass is 352 g/mol. The van der Waals surface area contributed by atoms with Crippen LogP contribution in [-0.2, 0) is 6.42 Å². The summed E-state index contributed by atoms with van der Waals surface area (Å²) in [5.41, 5.74) is 5.61. The first-order valence-corrected chi connectivity index (χ1v) is 9.78. The van der Waals surface area contributed by atoms with Crippen molar-refractivity contribution >= 4 is 21.6 Å². The fourth-order valence-electron chi connectivity index (χ4n) is 2.58. The van der Waals surface area contributed by atoms with Crippen LogP contribution in [0.15, 0.2) is 12.4 Å². The van der Waals surface area contributed by atoms with E-state index in [1.54, 1.807) is 17.7 Å². The Morgan fingerprint density at radius 2 is 1.88 bits per heavy atom.